The quantitative estimate of drug-likeness (QED) is 0.751. The minimum Gasteiger partial charge on any atom is -0.369 e. The van der Waals surface area contributed by atoms with E-state index in [9.17, 15) is 0 Å². The summed E-state index contributed by atoms with van der Waals surface area (Å²) in [7, 11) is 2.10. The lowest BCUT2D eigenvalue weighted by atomic mass is 10.3. The van der Waals surface area contributed by atoms with E-state index in [0.29, 0.717) is 12.0 Å². The Morgan fingerprint density at radius 3 is 2.87 bits per heavy atom. The number of hydrogen-bond acceptors (Lipinski definition) is 5. The maximum absolute atomic E-state index is 5.47. The number of nitrogens with one attached hydrogen (secondary N) is 1. The summed E-state index contributed by atoms with van der Waals surface area (Å²) in [5, 5.41) is 3.20. The van der Waals surface area contributed by atoms with Crippen LogP contribution in [0, 0.1) is 0 Å². The van der Waals surface area contributed by atoms with Crippen LogP contribution in [0.25, 0.3) is 0 Å². The van der Waals surface area contributed by atoms with Crippen LogP contribution in [0.4, 0.5) is 11.8 Å². The van der Waals surface area contributed by atoms with Crippen molar-refractivity contribution in [1.29, 1.82) is 0 Å². The highest BCUT2D eigenvalue weighted by Gasteiger charge is 2.02. The van der Waals surface area contributed by atoms with E-state index in [1.165, 1.54) is 0 Å². The maximum atomic E-state index is 5.47. The molecule has 0 radical (unpaired) electrons. The van der Waals surface area contributed by atoms with Gasteiger partial charge in [-0.2, -0.15) is 4.98 Å². The smallest absolute Gasteiger partial charge is 0.221 e. The molecule has 0 amide bonds. The van der Waals surface area contributed by atoms with Crippen LogP contribution in [0.2, 0.25) is 0 Å². The lowest BCUT2D eigenvalue weighted by Gasteiger charge is -2.20. The number of nitrogen functional groups attached to an aromatic ring is 1. The van der Waals surface area contributed by atoms with Crippen LogP contribution in [-0.4, -0.2) is 41.0 Å². The molecule has 0 bridgehead atoms. The van der Waals surface area contributed by atoms with Gasteiger partial charge < -0.3 is 16.0 Å². The van der Waals surface area contributed by atoms with E-state index in [2.05, 4.69) is 41.1 Å². The standard InChI is InChI=1S/C10H19N5/c1-8(2)15(3)7-6-12-9-4-5-13-10(11)14-9/h4-5,8H,6-7H2,1-3H3,(H3,11,12,13,14). The van der Waals surface area contributed by atoms with Gasteiger partial charge in [0.1, 0.15) is 5.82 Å². The van der Waals surface area contributed by atoms with Gasteiger partial charge in [0, 0.05) is 25.3 Å². The summed E-state index contributed by atoms with van der Waals surface area (Å²) in [6, 6.07) is 2.37. The van der Waals surface area contributed by atoms with Gasteiger partial charge in [0.05, 0.1) is 0 Å². The predicted molar refractivity (Wildman–Crippen MR) is 62.7 cm³/mol. The topological polar surface area (TPSA) is 67.1 Å². The zero-order chi connectivity index (χ0) is 11.3. The molecule has 15 heavy (non-hydrogen) atoms. The van der Waals surface area contributed by atoms with Gasteiger partial charge in [0.15, 0.2) is 0 Å². The summed E-state index contributed by atoms with van der Waals surface area (Å²) in [5.41, 5.74) is 5.47. The molecule has 0 spiro atoms. The summed E-state index contributed by atoms with van der Waals surface area (Å²) >= 11 is 0. The Hall–Kier alpha value is -1.36. The van der Waals surface area contributed by atoms with Crippen molar-refractivity contribution in [2.75, 3.05) is 31.2 Å². The monoisotopic (exact) mass is 209 g/mol. The lowest BCUT2D eigenvalue weighted by Crippen LogP contribution is -2.31. The van der Waals surface area contributed by atoms with E-state index in [1.807, 2.05) is 6.07 Å². The first-order valence-electron chi connectivity index (χ1n) is 5.12. The van der Waals surface area contributed by atoms with E-state index in [1.54, 1.807) is 6.20 Å². The molecule has 0 saturated carbocycles. The average Bonchev–Trinajstić information content (AvgIpc) is 2.17. The molecule has 1 heterocycles. The number of nitrogens with zero attached hydrogens (tertiary/aromatic N) is 3. The van der Waals surface area contributed by atoms with Gasteiger partial charge in [-0.15, -0.1) is 0 Å². The zero-order valence-corrected chi connectivity index (χ0v) is 9.57. The highest BCUT2D eigenvalue weighted by Crippen LogP contribution is 2.02. The Morgan fingerprint density at radius 1 is 1.53 bits per heavy atom. The molecule has 0 aliphatic heterocycles. The molecular formula is C10H19N5. The van der Waals surface area contributed by atoms with Crippen LogP contribution in [0.1, 0.15) is 13.8 Å². The second-order valence-electron chi connectivity index (χ2n) is 3.80. The Labute approximate surface area is 90.7 Å². The fraction of sp³-hybridized carbons (Fsp3) is 0.600. The number of rotatable bonds is 5. The third-order valence-electron chi connectivity index (χ3n) is 2.33. The summed E-state index contributed by atoms with van der Waals surface area (Å²) in [6.07, 6.45) is 1.65. The van der Waals surface area contributed by atoms with Crippen LogP contribution in [-0.2, 0) is 0 Å². The molecule has 0 saturated heterocycles. The first-order chi connectivity index (χ1) is 7.09. The Kier molecular flexibility index (Phi) is 4.30. The molecule has 1 rings (SSSR count). The van der Waals surface area contributed by atoms with Gasteiger partial charge in [-0.05, 0) is 27.0 Å². The highest BCUT2D eigenvalue weighted by molar-refractivity contribution is 5.37. The maximum Gasteiger partial charge on any atom is 0.221 e. The summed E-state index contributed by atoms with van der Waals surface area (Å²) in [6.45, 7) is 6.16. The first kappa shape index (κ1) is 11.7. The normalized spacial score (nSPS) is 11.0. The number of nitrogens with two attached hydrogens (primary N) is 1. The van der Waals surface area contributed by atoms with Crippen LogP contribution in [0.3, 0.4) is 0 Å². The van der Waals surface area contributed by atoms with Crippen molar-refractivity contribution in [3.8, 4) is 0 Å². The van der Waals surface area contributed by atoms with Crippen molar-refractivity contribution in [3.05, 3.63) is 12.3 Å². The average molecular weight is 209 g/mol. The third kappa shape index (κ3) is 4.12. The third-order valence-corrected chi connectivity index (χ3v) is 2.33. The van der Waals surface area contributed by atoms with Crippen LogP contribution in [0.5, 0.6) is 0 Å². The predicted octanol–water partition coefficient (Wildman–Crippen LogP) is 0.811. The lowest BCUT2D eigenvalue weighted by molar-refractivity contribution is 0.284. The van der Waals surface area contributed by atoms with Gasteiger partial charge in [0.25, 0.3) is 0 Å². The minimum absolute atomic E-state index is 0.303. The van der Waals surface area contributed by atoms with Crippen LogP contribution in [0.15, 0.2) is 12.3 Å². The highest BCUT2D eigenvalue weighted by atomic mass is 15.1. The Balaban J connectivity index is 2.32. The molecule has 5 nitrogen and oxygen atoms in total. The minimum atomic E-state index is 0.303. The van der Waals surface area contributed by atoms with Crippen molar-refractivity contribution in [2.45, 2.75) is 19.9 Å². The van der Waals surface area contributed by atoms with Crippen molar-refractivity contribution in [1.82, 2.24) is 14.9 Å². The van der Waals surface area contributed by atoms with E-state index < -0.39 is 0 Å². The van der Waals surface area contributed by atoms with Crippen LogP contribution < -0.4 is 11.1 Å². The van der Waals surface area contributed by atoms with Gasteiger partial charge in [-0.25, -0.2) is 4.98 Å². The molecule has 0 atom stereocenters. The van der Waals surface area contributed by atoms with E-state index in [4.69, 9.17) is 5.73 Å². The molecule has 84 valence electrons. The van der Waals surface area contributed by atoms with Gasteiger partial charge in [-0.1, -0.05) is 0 Å². The molecule has 0 aliphatic rings. The summed E-state index contributed by atoms with van der Waals surface area (Å²) in [5.74, 6) is 1.08. The van der Waals surface area contributed by atoms with E-state index >= 15 is 0 Å². The molecule has 0 aliphatic carbocycles. The van der Waals surface area contributed by atoms with Gasteiger partial charge >= 0.3 is 0 Å². The molecule has 3 N–H and O–H groups in total. The Morgan fingerprint density at radius 2 is 2.27 bits per heavy atom. The fourth-order valence-corrected chi connectivity index (χ4v) is 1.09. The summed E-state index contributed by atoms with van der Waals surface area (Å²) in [4.78, 5) is 10.1. The number of anilines is 2. The molecule has 1 aromatic heterocycles. The summed E-state index contributed by atoms with van der Waals surface area (Å²) < 4.78 is 0. The van der Waals surface area contributed by atoms with Crippen molar-refractivity contribution >= 4 is 11.8 Å². The van der Waals surface area contributed by atoms with Crippen LogP contribution >= 0.6 is 0 Å². The van der Waals surface area contributed by atoms with E-state index in [-0.39, 0.29) is 0 Å². The number of hydrogen-bond donors (Lipinski definition) is 2. The SMILES string of the molecule is CC(C)N(C)CCNc1ccnc(N)n1. The fourth-order valence-electron chi connectivity index (χ4n) is 1.09. The molecular weight excluding hydrogens is 190 g/mol. The van der Waals surface area contributed by atoms with Crippen molar-refractivity contribution in [3.63, 3.8) is 0 Å². The molecule has 0 aromatic carbocycles. The molecule has 1 aromatic rings. The first-order valence-corrected chi connectivity index (χ1v) is 5.12. The largest absolute Gasteiger partial charge is 0.369 e. The molecule has 5 heteroatoms. The number of aromatic nitrogens is 2. The molecule has 0 fully saturated rings. The van der Waals surface area contributed by atoms with E-state index in [0.717, 1.165) is 18.9 Å². The second-order valence-corrected chi connectivity index (χ2v) is 3.80. The zero-order valence-electron chi connectivity index (χ0n) is 9.57. The number of likely N-dealkylation sites (N-methyl/N-ethyl adjacent to an activating group) is 1. The van der Waals surface area contributed by atoms with Gasteiger partial charge in [0.2, 0.25) is 5.95 Å². The van der Waals surface area contributed by atoms with Crippen molar-refractivity contribution in [2.24, 2.45) is 0 Å². The Bertz CT molecular complexity index is 300. The molecule has 0 unspecified atom stereocenters. The second kappa shape index (κ2) is 5.50. The van der Waals surface area contributed by atoms with Gasteiger partial charge in [-0.3, -0.25) is 0 Å². The van der Waals surface area contributed by atoms with Crippen molar-refractivity contribution < 1.29 is 0 Å².